The van der Waals surface area contributed by atoms with Crippen molar-refractivity contribution >= 4 is 38.4 Å². The number of anilines is 2. The van der Waals surface area contributed by atoms with E-state index in [2.05, 4.69) is 10.0 Å². The first kappa shape index (κ1) is 26.9. The highest BCUT2D eigenvalue weighted by molar-refractivity contribution is 7.89. The van der Waals surface area contributed by atoms with Crippen molar-refractivity contribution in [3.8, 4) is 0 Å². The smallest absolute Gasteiger partial charge is 0.269 e. The van der Waals surface area contributed by atoms with Crippen molar-refractivity contribution in [2.24, 2.45) is 0 Å². The van der Waals surface area contributed by atoms with Crippen LogP contribution in [0.15, 0.2) is 63.9 Å². The first-order valence-electron chi connectivity index (χ1n) is 10.7. The van der Waals surface area contributed by atoms with E-state index in [1.807, 2.05) is 0 Å². The minimum atomic E-state index is -3.83. The molecule has 1 amide bonds. The van der Waals surface area contributed by atoms with Crippen LogP contribution in [-0.2, 0) is 21.1 Å². The van der Waals surface area contributed by atoms with Crippen molar-refractivity contribution < 1.29 is 30.8 Å². The second-order valence-corrected chi connectivity index (χ2v) is 11.8. The van der Waals surface area contributed by atoms with Crippen molar-refractivity contribution in [1.82, 2.24) is 4.72 Å². The van der Waals surface area contributed by atoms with Gasteiger partial charge in [-0.25, -0.2) is 17.3 Å². The number of halogens is 2. The van der Waals surface area contributed by atoms with E-state index in [0.29, 0.717) is 5.69 Å². The minimum Gasteiger partial charge on any atom is -0.370 e. The summed E-state index contributed by atoms with van der Waals surface area (Å²) < 4.78 is 74.9. The van der Waals surface area contributed by atoms with Crippen LogP contribution in [0.5, 0.6) is 0 Å². The van der Waals surface area contributed by atoms with Crippen LogP contribution < -0.4 is 14.9 Å². The van der Waals surface area contributed by atoms with Crippen LogP contribution in [-0.4, -0.2) is 41.7 Å². The van der Waals surface area contributed by atoms with Gasteiger partial charge < -0.3 is 14.8 Å². The highest BCUT2D eigenvalue weighted by atomic mass is 32.2. The number of amides is 1. The predicted octanol–water partition coefficient (Wildman–Crippen LogP) is 4.35. The lowest BCUT2D eigenvalue weighted by Gasteiger charge is -2.31. The van der Waals surface area contributed by atoms with Crippen molar-refractivity contribution in [2.75, 3.05) is 23.3 Å². The van der Waals surface area contributed by atoms with Crippen molar-refractivity contribution in [3.63, 3.8) is 0 Å². The molecule has 0 aromatic heterocycles. The van der Waals surface area contributed by atoms with E-state index in [1.165, 1.54) is 42.5 Å². The number of nitrogens with one attached hydrogen (secondary N) is 2. The molecule has 1 aliphatic heterocycles. The van der Waals surface area contributed by atoms with Crippen LogP contribution in [0, 0.1) is 0 Å². The molecule has 2 aromatic rings. The summed E-state index contributed by atoms with van der Waals surface area (Å²) in [6.07, 6.45) is -1.49. The lowest BCUT2D eigenvalue weighted by molar-refractivity contribution is 0.102. The standard InChI is InChI=1S/C23H27F2N3O5S2/c1-23(2,3)27-35(32,33)18-6-4-5-16(13-18)26-22(29)19-8-7-17(34(30)31)14-20(19)28-11-9-15(10-12-28)21(24)25/h4-8,13-14,27H,9-12H2,1-3H3,(H,26,29)(H,30,31). The number of piperidine rings is 1. The molecule has 190 valence electrons. The number of nitrogens with zero attached hydrogens (tertiary/aromatic N) is 1. The fourth-order valence-electron chi connectivity index (χ4n) is 3.68. The van der Waals surface area contributed by atoms with Crippen LogP contribution in [0.3, 0.4) is 0 Å². The van der Waals surface area contributed by atoms with Gasteiger partial charge in [0.1, 0.15) is 0 Å². The molecule has 1 unspecified atom stereocenters. The number of rotatable bonds is 6. The summed E-state index contributed by atoms with van der Waals surface area (Å²) in [6, 6.07) is 9.87. The number of hydrogen-bond acceptors (Lipinski definition) is 5. The summed E-state index contributed by atoms with van der Waals surface area (Å²) in [7, 11) is -3.83. The van der Waals surface area contributed by atoms with Crippen molar-refractivity contribution in [3.05, 3.63) is 59.7 Å². The van der Waals surface area contributed by atoms with Gasteiger partial charge in [-0.15, -0.1) is 0 Å². The quantitative estimate of drug-likeness (QED) is 0.481. The third kappa shape index (κ3) is 6.94. The average molecular weight is 528 g/mol. The van der Waals surface area contributed by atoms with Crippen LogP contribution in [0.25, 0.3) is 0 Å². The van der Waals surface area contributed by atoms with E-state index in [4.69, 9.17) is 0 Å². The maximum absolute atomic E-state index is 13.2. The Bertz CT molecular complexity index is 1280. The molecular weight excluding hydrogens is 500 g/mol. The van der Waals surface area contributed by atoms with E-state index in [1.54, 1.807) is 25.7 Å². The second-order valence-electron chi connectivity index (χ2n) is 9.12. The SMILES string of the molecule is CC(C)(C)NS(=O)(=O)c1cccc(NC(=O)c2ccc(S(=O)O)cc2N2CCC(=C(F)F)CC2)c1. The van der Waals surface area contributed by atoms with Gasteiger partial charge in [0.05, 0.1) is 21.0 Å². The molecule has 1 saturated heterocycles. The second kappa shape index (κ2) is 10.5. The Hall–Kier alpha value is -2.67. The van der Waals surface area contributed by atoms with Gasteiger partial charge in [-0.3, -0.25) is 4.79 Å². The van der Waals surface area contributed by atoms with Crippen LogP contribution in [0.1, 0.15) is 44.0 Å². The average Bonchev–Trinajstić information content (AvgIpc) is 2.77. The summed E-state index contributed by atoms with van der Waals surface area (Å²) in [5.74, 6) is -0.577. The highest BCUT2D eigenvalue weighted by Crippen LogP contribution is 2.30. The van der Waals surface area contributed by atoms with E-state index in [-0.39, 0.29) is 52.5 Å². The molecule has 12 heteroatoms. The summed E-state index contributed by atoms with van der Waals surface area (Å²) in [5.41, 5.74) is 0.0788. The van der Waals surface area contributed by atoms with Gasteiger partial charge in [-0.1, -0.05) is 6.07 Å². The first-order valence-corrected chi connectivity index (χ1v) is 13.3. The molecule has 1 aliphatic rings. The van der Waals surface area contributed by atoms with E-state index >= 15 is 0 Å². The molecule has 0 aliphatic carbocycles. The van der Waals surface area contributed by atoms with Crippen LogP contribution in [0.4, 0.5) is 20.2 Å². The third-order valence-electron chi connectivity index (χ3n) is 5.23. The number of benzene rings is 2. The Labute approximate surface area is 205 Å². The summed E-state index contributed by atoms with van der Waals surface area (Å²) in [6.45, 7) is 5.55. The number of carbonyl (C=O) groups excluding carboxylic acids is 1. The molecule has 8 nitrogen and oxygen atoms in total. The van der Waals surface area contributed by atoms with Crippen molar-refractivity contribution in [2.45, 2.75) is 48.9 Å². The summed E-state index contributed by atoms with van der Waals surface area (Å²) >= 11 is -2.30. The van der Waals surface area contributed by atoms with Crippen LogP contribution >= 0.6 is 0 Å². The van der Waals surface area contributed by atoms with E-state index < -0.39 is 38.6 Å². The number of carbonyl (C=O) groups is 1. The Morgan fingerprint density at radius 1 is 1.09 bits per heavy atom. The Morgan fingerprint density at radius 2 is 1.74 bits per heavy atom. The van der Waals surface area contributed by atoms with Gasteiger partial charge in [0.15, 0.2) is 11.1 Å². The maximum Gasteiger partial charge on any atom is 0.269 e. The zero-order valence-corrected chi connectivity index (χ0v) is 21.1. The Balaban J connectivity index is 1.90. The molecular formula is C23H27F2N3O5S2. The molecule has 1 heterocycles. The van der Waals surface area contributed by atoms with Gasteiger partial charge in [0.25, 0.3) is 12.0 Å². The zero-order chi connectivity index (χ0) is 26.0. The lowest BCUT2D eigenvalue weighted by atomic mass is 10.0. The van der Waals surface area contributed by atoms with Crippen molar-refractivity contribution in [1.29, 1.82) is 0 Å². The number of hydrogen-bond donors (Lipinski definition) is 3. The topological polar surface area (TPSA) is 116 Å². The van der Waals surface area contributed by atoms with Gasteiger partial charge in [-0.2, -0.15) is 8.78 Å². The fourth-order valence-corrected chi connectivity index (χ4v) is 5.54. The molecule has 0 bridgehead atoms. The van der Waals surface area contributed by atoms with Gasteiger partial charge in [0.2, 0.25) is 10.0 Å². The first-order chi connectivity index (χ1) is 16.3. The maximum atomic E-state index is 13.2. The highest BCUT2D eigenvalue weighted by Gasteiger charge is 2.25. The van der Waals surface area contributed by atoms with E-state index in [9.17, 15) is 30.8 Å². The molecule has 1 fully saturated rings. The Morgan fingerprint density at radius 3 is 2.31 bits per heavy atom. The largest absolute Gasteiger partial charge is 0.370 e. The zero-order valence-electron chi connectivity index (χ0n) is 19.5. The molecule has 1 atom stereocenters. The third-order valence-corrected chi connectivity index (χ3v) is 7.65. The molecule has 3 N–H and O–H groups in total. The van der Waals surface area contributed by atoms with Gasteiger partial charge in [0, 0.05) is 24.3 Å². The summed E-state index contributed by atoms with van der Waals surface area (Å²) in [4.78, 5) is 14.9. The Kier molecular flexibility index (Phi) is 8.10. The van der Waals surface area contributed by atoms with Gasteiger partial charge >= 0.3 is 0 Å². The van der Waals surface area contributed by atoms with Crippen LogP contribution in [0.2, 0.25) is 0 Å². The lowest BCUT2D eigenvalue weighted by Crippen LogP contribution is -2.40. The molecule has 0 saturated carbocycles. The molecule has 35 heavy (non-hydrogen) atoms. The fraction of sp³-hybridized carbons (Fsp3) is 0.348. The molecule has 3 rings (SSSR count). The minimum absolute atomic E-state index is 0.0277. The van der Waals surface area contributed by atoms with E-state index in [0.717, 1.165) is 0 Å². The molecule has 0 spiro atoms. The normalized spacial score (nSPS) is 15.6. The summed E-state index contributed by atoms with van der Waals surface area (Å²) in [5, 5.41) is 2.66. The molecule has 0 radical (unpaired) electrons. The monoisotopic (exact) mass is 527 g/mol. The number of sulfonamides is 1. The van der Waals surface area contributed by atoms with Gasteiger partial charge in [-0.05, 0) is 75.6 Å². The molecule has 2 aromatic carbocycles. The predicted molar refractivity (Wildman–Crippen MR) is 131 cm³/mol.